The third-order valence-electron chi connectivity index (χ3n) is 2.89. The molecule has 0 atom stereocenters. The van der Waals surface area contributed by atoms with Crippen LogP contribution in [-0.2, 0) is 4.79 Å². The van der Waals surface area contributed by atoms with Gasteiger partial charge in [0.05, 0.1) is 16.0 Å². The normalized spacial score (nSPS) is 12.3. The number of hydrogen-bond donors (Lipinski definition) is 1. The number of hydrogen-bond acceptors (Lipinski definition) is 8. The Hall–Kier alpha value is -3.14. The minimum atomic E-state index is -0.486. The van der Waals surface area contributed by atoms with Crippen molar-refractivity contribution in [3.05, 3.63) is 45.3 Å². The highest BCUT2D eigenvalue weighted by Gasteiger charge is 2.14. The average molecular weight is 349 g/mol. The SMILES string of the molecule is O=C(COc1ccc2c(c1)OCO2)NN=Cc1ccc([N+](=O)[O-])s1. The summed E-state index contributed by atoms with van der Waals surface area (Å²) >= 11 is 0.958. The topological polar surface area (TPSA) is 112 Å². The number of fused-ring (bicyclic) bond motifs is 1. The predicted molar refractivity (Wildman–Crippen MR) is 84.8 cm³/mol. The molecule has 1 aromatic heterocycles. The van der Waals surface area contributed by atoms with E-state index in [4.69, 9.17) is 14.2 Å². The van der Waals surface area contributed by atoms with Gasteiger partial charge < -0.3 is 14.2 Å². The molecule has 124 valence electrons. The van der Waals surface area contributed by atoms with Crippen LogP contribution in [0.15, 0.2) is 35.4 Å². The van der Waals surface area contributed by atoms with Gasteiger partial charge >= 0.3 is 5.00 Å². The highest BCUT2D eigenvalue weighted by atomic mass is 32.1. The van der Waals surface area contributed by atoms with E-state index >= 15 is 0 Å². The molecular weight excluding hydrogens is 338 g/mol. The van der Waals surface area contributed by atoms with E-state index in [0.29, 0.717) is 22.1 Å². The highest BCUT2D eigenvalue weighted by molar-refractivity contribution is 7.16. The number of thiophene rings is 1. The van der Waals surface area contributed by atoms with E-state index in [2.05, 4.69) is 10.5 Å². The number of nitro groups is 1. The van der Waals surface area contributed by atoms with Crippen molar-refractivity contribution < 1.29 is 23.9 Å². The summed E-state index contributed by atoms with van der Waals surface area (Å²) < 4.78 is 15.7. The summed E-state index contributed by atoms with van der Waals surface area (Å²) in [6.07, 6.45) is 1.33. The summed E-state index contributed by atoms with van der Waals surface area (Å²) in [6.45, 7) is -0.0730. The van der Waals surface area contributed by atoms with Crippen LogP contribution in [0.25, 0.3) is 0 Å². The van der Waals surface area contributed by atoms with Gasteiger partial charge in [-0.3, -0.25) is 14.9 Å². The summed E-state index contributed by atoms with van der Waals surface area (Å²) in [5, 5.41) is 14.3. The third-order valence-corrected chi connectivity index (χ3v) is 3.86. The number of rotatable bonds is 6. The Morgan fingerprint density at radius 2 is 2.21 bits per heavy atom. The summed E-state index contributed by atoms with van der Waals surface area (Å²) in [7, 11) is 0. The highest BCUT2D eigenvalue weighted by Crippen LogP contribution is 2.35. The van der Waals surface area contributed by atoms with E-state index in [1.54, 1.807) is 24.3 Å². The van der Waals surface area contributed by atoms with Gasteiger partial charge in [0, 0.05) is 12.1 Å². The molecule has 0 spiro atoms. The fourth-order valence-corrected chi connectivity index (χ4v) is 2.52. The van der Waals surface area contributed by atoms with Crippen LogP contribution in [0.5, 0.6) is 17.2 Å². The maximum absolute atomic E-state index is 11.6. The first-order valence-corrected chi connectivity index (χ1v) is 7.52. The molecule has 0 unspecified atom stereocenters. The molecule has 0 aliphatic carbocycles. The van der Waals surface area contributed by atoms with Crippen LogP contribution < -0.4 is 19.6 Å². The van der Waals surface area contributed by atoms with Crippen molar-refractivity contribution in [3.63, 3.8) is 0 Å². The Morgan fingerprint density at radius 1 is 1.38 bits per heavy atom. The Labute approximate surface area is 139 Å². The lowest BCUT2D eigenvalue weighted by Gasteiger charge is -2.05. The lowest BCUT2D eigenvalue weighted by molar-refractivity contribution is -0.380. The van der Waals surface area contributed by atoms with Gasteiger partial charge in [-0.1, -0.05) is 11.3 Å². The first-order valence-electron chi connectivity index (χ1n) is 6.70. The standard InChI is InChI=1S/C14H11N3O6S/c18-13(16-15-6-10-2-4-14(24-10)17(19)20)7-21-9-1-3-11-12(5-9)23-8-22-11/h1-6H,7-8H2,(H,16,18). The quantitative estimate of drug-likeness (QED) is 0.484. The number of nitrogens with one attached hydrogen (secondary N) is 1. The number of nitrogens with zero attached hydrogens (tertiary/aromatic N) is 2. The maximum Gasteiger partial charge on any atom is 0.324 e. The van der Waals surface area contributed by atoms with Crippen LogP contribution in [0.4, 0.5) is 5.00 Å². The molecule has 10 heteroatoms. The molecule has 3 rings (SSSR count). The molecule has 0 saturated heterocycles. The summed E-state index contributed by atoms with van der Waals surface area (Å²) in [5.74, 6) is 1.19. The second-order valence-electron chi connectivity index (χ2n) is 4.53. The fourth-order valence-electron chi connectivity index (χ4n) is 1.83. The lowest BCUT2D eigenvalue weighted by atomic mass is 10.3. The molecule has 1 N–H and O–H groups in total. The summed E-state index contributed by atoms with van der Waals surface area (Å²) in [6, 6.07) is 7.90. The maximum atomic E-state index is 11.6. The predicted octanol–water partition coefficient (Wildman–Crippen LogP) is 1.91. The Balaban J connectivity index is 1.47. The molecule has 9 nitrogen and oxygen atoms in total. The Bertz CT molecular complexity index is 804. The molecule has 0 radical (unpaired) electrons. The zero-order chi connectivity index (χ0) is 16.9. The number of carbonyl (C=O) groups excluding carboxylic acids is 1. The molecule has 2 heterocycles. The van der Waals surface area contributed by atoms with Crippen LogP contribution >= 0.6 is 11.3 Å². The van der Waals surface area contributed by atoms with Gasteiger partial charge in [0.15, 0.2) is 18.1 Å². The van der Waals surface area contributed by atoms with Crippen LogP contribution in [0.2, 0.25) is 0 Å². The molecule has 24 heavy (non-hydrogen) atoms. The largest absolute Gasteiger partial charge is 0.484 e. The van der Waals surface area contributed by atoms with Crippen LogP contribution in [0.1, 0.15) is 4.88 Å². The smallest absolute Gasteiger partial charge is 0.324 e. The zero-order valence-corrected chi connectivity index (χ0v) is 12.9. The van der Waals surface area contributed by atoms with Gasteiger partial charge in [-0.2, -0.15) is 5.10 Å². The van der Waals surface area contributed by atoms with E-state index in [0.717, 1.165) is 11.3 Å². The molecule has 0 bridgehead atoms. The van der Waals surface area contributed by atoms with Crippen molar-refractivity contribution in [1.82, 2.24) is 5.43 Å². The molecule has 0 fully saturated rings. The van der Waals surface area contributed by atoms with Crippen molar-refractivity contribution in [1.29, 1.82) is 0 Å². The molecule has 1 aromatic carbocycles. The molecule has 1 aliphatic rings. The third kappa shape index (κ3) is 3.79. The second kappa shape index (κ2) is 6.96. The van der Waals surface area contributed by atoms with Crippen molar-refractivity contribution in [3.8, 4) is 17.2 Å². The van der Waals surface area contributed by atoms with Crippen LogP contribution in [-0.4, -0.2) is 30.4 Å². The van der Waals surface area contributed by atoms with Crippen molar-refractivity contribution >= 4 is 28.5 Å². The summed E-state index contributed by atoms with van der Waals surface area (Å²) in [5.41, 5.74) is 2.28. The van der Waals surface area contributed by atoms with Gasteiger partial charge in [0.2, 0.25) is 6.79 Å². The lowest BCUT2D eigenvalue weighted by Crippen LogP contribution is -2.24. The van der Waals surface area contributed by atoms with Gasteiger partial charge in [0.1, 0.15) is 5.75 Å². The van der Waals surface area contributed by atoms with Crippen molar-refractivity contribution in [2.45, 2.75) is 0 Å². The first-order chi connectivity index (χ1) is 11.6. The molecule has 1 amide bonds. The Kier molecular flexibility index (Phi) is 4.57. The number of carbonyl (C=O) groups is 1. The molecule has 1 aliphatic heterocycles. The number of ether oxygens (including phenoxy) is 3. The van der Waals surface area contributed by atoms with Gasteiger partial charge in [-0.15, -0.1) is 0 Å². The van der Waals surface area contributed by atoms with Crippen molar-refractivity contribution in [2.24, 2.45) is 5.10 Å². The van der Waals surface area contributed by atoms with E-state index in [1.807, 2.05) is 0 Å². The van der Waals surface area contributed by atoms with E-state index < -0.39 is 10.8 Å². The average Bonchev–Trinajstić information content (AvgIpc) is 3.21. The van der Waals surface area contributed by atoms with Crippen LogP contribution in [0.3, 0.4) is 0 Å². The molecular formula is C14H11N3O6S. The fraction of sp³-hybridized carbons (Fsp3) is 0.143. The van der Waals surface area contributed by atoms with E-state index in [1.165, 1.54) is 12.3 Å². The monoisotopic (exact) mass is 349 g/mol. The molecule has 2 aromatic rings. The number of hydrazone groups is 1. The molecule has 0 saturated carbocycles. The number of amides is 1. The summed E-state index contributed by atoms with van der Waals surface area (Å²) in [4.78, 5) is 22.3. The first kappa shape index (κ1) is 15.7. The minimum Gasteiger partial charge on any atom is -0.484 e. The minimum absolute atomic E-state index is 0.00826. The van der Waals surface area contributed by atoms with Crippen molar-refractivity contribution in [2.75, 3.05) is 13.4 Å². The van der Waals surface area contributed by atoms with E-state index in [-0.39, 0.29) is 18.4 Å². The zero-order valence-electron chi connectivity index (χ0n) is 12.1. The number of benzene rings is 1. The second-order valence-corrected chi connectivity index (χ2v) is 5.62. The van der Waals surface area contributed by atoms with Gasteiger partial charge in [0.25, 0.3) is 5.91 Å². The van der Waals surface area contributed by atoms with Gasteiger partial charge in [-0.05, 0) is 18.2 Å². The Morgan fingerprint density at radius 3 is 3.00 bits per heavy atom. The van der Waals surface area contributed by atoms with Crippen LogP contribution in [0, 0.1) is 10.1 Å². The van der Waals surface area contributed by atoms with E-state index in [9.17, 15) is 14.9 Å². The van der Waals surface area contributed by atoms with Gasteiger partial charge in [-0.25, -0.2) is 5.43 Å².